The summed E-state index contributed by atoms with van der Waals surface area (Å²) in [7, 11) is -0.670. The number of phenols is 1. The van der Waals surface area contributed by atoms with E-state index < -0.39 is 9.73 Å². The van der Waals surface area contributed by atoms with E-state index in [9.17, 15) is 9.32 Å². The van der Waals surface area contributed by atoms with Gasteiger partial charge in [-0.1, -0.05) is 6.07 Å². The van der Waals surface area contributed by atoms with Gasteiger partial charge in [0.15, 0.2) is 5.82 Å². The largest absolute Gasteiger partial charge is 0.507 e. The Morgan fingerprint density at radius 1 is 1.16 bits per heavy atom. The van der Waals surface area contributed by atoms with Crippen molar-refractivity contribution >= 4 is 21.6 Å². The minimum absolute atomic E-state index is 0.0427. The maximum atomic E-state index is 11.5. The molecule has 1 aliphatic heterocycles. The second-order valence-corrected chi connectivity index (χ2v) is 11.9. The fourth-order valence-electron chi connectivity index (χ4n) is 4.46. The maximum Gasteiger partial charge on any atom is 0.151 e. The van der Waals surface area contributed by atoms with E-state index in [1.54, 1.807) is 24.3 Å². The molecule has 1 fully saturated rings. The van der Waals surface area contributed by atoms with Crippen molar-refractivity contribution in [3.05, 3.63) is 41.3 Å². The highest BCUT2D eigenvalue weighted by molar-refractivity contribution is 7.94. The molecule has 1 aromatic carbocycles. The van der Waals surface area contributed by atoms with Gasteiger partial charge in [-0.05, 0) is 76.4 Å². The molecule has 0 unspecified atom stereocenters. The van der Waals surface area contributed by atoms with Crippen molar-refractivity contribution in [3.63, 3.8) is 0 Å². The minimum Gasteiger partial charge on any atom is -0.507 e. The van der Waals surface area contributed by atoms with E-state index in [4.69, 9.17) is 4.78 Å². The molecule has 0 saturated carbocycles. The van der Waals surface area contributed by atoms with Crippen molar-refractivity contribution in [2.45, 2.75) is 57.7 Å². The number of phenolic OH excluding ortho intramolecular Hbond substituents is 1. The lowest BCUT2D eigenvalue weighted by Gasteiger charge is -2.49. The highest BCUT2D eigenvalue weighted by Crippen LogP contribution is 2.33. The standard InChI is InChI=1S/C23H33N5O2S/c1-22(2)14-17(15-23(3,4)27-22)28(5)21-10-9-19(25-26-21)18-8-7-16(13-20(18)29)11-12-31(6,24)30/h7-13,17,24,27,29H,14-15H2,1-6H3/b12-11+/t31-/m0/s1. The highest BCUT2D eigenvalue weighted by atomic mass is 32.2. The van der Waals surface area contributed by atoms with E-state index in [-0.39, 0.29) is 16.8 Å². The fraction of sp³-hybridized carbons (Fsp3) is 0.478. The molecule has 3 rings (SSSR count). The molecule has 8 heteroatoms. The minimum atomic E-state index is -2.73. The predicted molar refractivity (Wildman–Crippen MR) is 128 cm³/mol. The summed E-state index contributed by atoms with van der Waals surface area (Å²) >= 11 is 0. The zero-order valence-corrected chi connectivity index (χ0v) is 20.0. The van der Waals surface area contributed by atoms with Gasteiger partial charge in [0.2, 0.25) is 0 Å². The third kappa shape index (κ3) is 6.04. The molecule has 1 aliphatic rings. The van der Waals surface area contributed by atoms with Crippen LogP contribution in [0.3, 0.4) is 0 Å². The quantitative estimate of drug-likeness (QED) is 0.639. The molecule has 0 spiro atoms. The molecule has 1 atom stereocenters. The van der Waals surface area contributed by atoms with Crippen LogP contribution in [0.4, 0.5) is 5.82 Å². The molecule has 2 aromatic rings. The average Bonchev–Trinajstić information content (AvgIpc) is 2.63. The summed E-state index contributed by atoms with van der Waals surface area (Å²) in [4.78, 5) is 2.19. The van der Waals surface area contributed by atoms with Crippen LogP contribution >= 0.6 is 0 Å². The first-order valence-electron chi connectivity index (χ1n) is 10.4. The molecule has 0 aliphatic carbocycles. The fourth-order valence-corrected chi connectivity index (χ4v) is 4.88. The zero-order chi connectivity index (χ0) is 23.0. The zero-order valence-electron chi connectivity index (χ0n) is 19.1. The number of aromatic hydroxyl groups is 1. The van der Waals surface area contributed by atoms with E-state index in [1.807, 2.05) is 12.1 Å². The maximum absolute atomic E-state index is 11.5. The Hall–Kier alpha value is -2.45. The van der Waals surface area contributed by atoms with Crippen molar-refractivity contribution in [1.82, 2.24) is 15.5 Å². The van der Waals surface area contributed by atoms with Crippen LogP contribution in [0, 0.1) is 4.78 Å². The van der Waals surface area contributed by atoms with E-state index in [0.717, 1.165) is 18.7 Å². The lowest BCUT2D eigenvalue weighted by molar-refractivity contribution is 0.160. The molecule has 0 amide bonds. The van der Waals surface area contributed by atoms with Gasteiger partial charge in [-0.15, -0.1) is 10.2 Å². The van der Waals surface area contributed by atoms with Gasteiger partial charge < -0.3 is 15.3 Å². The van der Waals surface area contributed by atoms with Crippen LogP contribution in [-0.2, 0) is 9.73 Å². The molecule has 2 heterocycles. The number of aromatic nitrogens is 2. The molecule has 31 heavy (non-hydrogen) atoms. The molecular formula is C23H33N5O2S. The molecule has 0 bridgehead atoms. The first-order chi connectivity index (χ1) is 14.2. The van der Waals surface area contributed by atoms with Crippen LogP contribution in [0.25, 0.3) is 17.3 Å². The third-order valence-electron chi connectivity index (χ3n) is 5.55. The van der Waals surface area contributed by atoms with Crippen LogP contribution in [-0.4, -0.2) is 49.9 Å². The smallest absolute Gasteiger partial charge is 0.151 e. The van der Waals surface area contributed by atoms with Crippen LogP contribution in [0.1, 0.15) is 46.1 Å². The molecular weight excluding hydrogens is 410 g/mol. The number of rotatable bonds is 5. The Morgan fingerprint density at radius 2 is 1.81 bits per heavy atom. The molecule has 3 N–H and O–H groups in total. The highest BCUT2D eigenvalue weighted by Gasteiger charge is 2.39. The van der Waals surface area contributed by atoms with Crippen molar-refractivity contribution < 1.29 is 9.32 Å². The molecule has 7 nitrogen and oxygen atoms in total. The van der Waals surface area contributed by atoms with E-state index in [2.05, 4.69) is 55.2 Å². The Labute approximate surface area is 185 Å². The number of benzene rings is 1. The summed E-state index contributed by atoms with van der Waals surface area (Å²) in [5.74, 6) is 0.862. The van der Waals surface area contributed by atoms with Crippen LogP contribution in [0.15, 0.2) is 35.7 Å². The summed E-state index contributed by atoms with van der Waals surface area (Å²) in [6.07, 6.45) is 4.94. The average molecular weight is 444 g/mol. The number of hydrogen-bond donors (Lipinski definition) is 3. The number of nitrogens with one attached hydrogen (secondary N) is 2. The number of piperidine rings is 1. The van der Waals surface area contributed by atoms with E-state index in [1.165, 1.54) is 11.7 Å². The van der Waals surface area contributed by atoms with Crippen molar-refractivity contribution in [2.24, 2.45) is 0 Å². The van der Waals surface area contributed by atoms with Gasteiger partial charge in [-0.2, -0.15) is 0 Å². The summed E-state index contributed by atoms with van der Waals surface area (Å²) in [5.41, 5.74) is 1.91. The molecule has 1 saturated heterocycles. The lowest BCUT2D eigenvalue weighted by atomic mass is 9.79. The van der Waals surface area contributed by atoms with Gasteiger partial charge >= 0.3 is 0 Å². The second kappa shape index (κ2) is 8.24. The number of anilines is 1. The Bertz CT molecular complexity index is 1060. The van der Waals surface area contributed by atoms with Gasteiger partial charge in [-0.25, -0.2) is 8.99 Å². The SMILES string of the molecule is CN(c1ccc(-c2ccc(/C=C/[S@@](C)(=N)=O)cc2O)nn1)C1CC(C)(C)NC(C)(C)C1. The van der Waals surface area contributed by atoms with E-state index in [0.29, 0.717) is 22.9 Å². The first kappa shape index (κ1) is 23.2. The second-order valence-electron chi connectivity index (χ2n) is 9.83. The Morgan fingerprint density at radius 3 is 2.32 bits per heavy atom. The van der Waals surface area contributed by atoms with Crippen molar-refractivity contribution in [2.75, 3.05) is 18.2 Å². The summed E-state index contributed by atoms with van der Waals surface area (Å²) in [6, 6.07) is 9.25. The van der Waals surface area contributed by atoms with Gasteiger partial charge in [0, 0.05) is 41.4 Å². The van der Waals surface area contributed by atoms with Crippen LogP contribution in [0.2, 0.25) is 0 Å². The summed E-state index contributed by atoms with van der Waals surface area (Å²) in [6.45, 7) is 8.92. The van der Waals surface area contributed by atoms with Crippen molar-refractivity contribution in [1.29, 1.82) is 4.78 Å². The third-order valence-corrected chi connectivity index (χ3v) is 6.20. The van der Waals surface area contributed by atoms with Crippen molar-refractivity contribution in [3.8, 4) is 17.0 Å². The number of hydrogen-bond acceptors (Lipinski definition) is 7. The first-order valence-corrected chi connectivity index (χ1v) is 12.4. The van der Waals surface area contributed by atoms with Gasteiger partial charge in [0.1, 0.15) is 5.75 Å². The normalized spacial score (nSPS) is 20.5. The summed E-state index contributed by atoms with van der Waals surface area (Å²) in [5, 5.41) is 24.2. The van der Waals surface area contributed by atoms with E-state index >= 15 is 0 Å². The molecule has 168 valence electrons. The number of nitrogens with zero attached hydrogens (tertiary/aromatic N) is 3. The predicted octanol–water partition coefficient (Wildman–Crippen LogP) is 4.24. The lowest BCUT2D eigenvalue weighted by Crippen LogP contribution is -2.62. The van der Waals surface area contributed by atoms with Crippen LogP contribution < -0.4 is 10.2 Å². The van der Waals surface area contributed by atoms with Crippen LogP contribution in [0.5, 0.6) is 5.75 Å². The Balaban J connectivity index is 1.79. The molecule has 0 radical (unpaired) electrons. The summed E-state index contributed by atoms with van der Waals surface area (Å²) < 4.78 is 18.9. The Kier molecular flexibility index (Phi) is 6.17. The van der Waals surface area contributed by atoms with Gasteiger partial charge in [0.25, 0.3) is 0 Å². The van der Waals surface area contributed by atoms with Gasteiger partial charge in [0.05, 0.1) is 15.4 Å². The topological polar surface area (TPSA) is 102 Å². The van der Waals surface area contributed by atoms with Gasteiger partial charge in [-0.3, -0.25) is 0 Å². The molecule has 1 aromatic heterocycles. The monoisotopic (exact) mass is 443 g/mol.